The van der Waals surface area contributed by atoms with Gasteiger partial charge in [-0.25, -0.2) is 4.79 Å². The maximum atomic E-state index is 11.4. The van der Waals surface area contributed by atoms with Crippen LogP contribution in [-0.4, -0.2) is 43.9 Å². The van der Waals surface area contributed by atoms with Crippen LogP contribution < -0.4 is 5.32 Å². The Kier molecular flexibility index (Phi) is 6.56. The zero-order valence-corrected chi connectivity index (χ0v) is 10.7. The Morgan fingerprint density at radius 2 is 2.11 bits per heavy atom. The molecule has 2 N–H and O–H groups in total. The van der Waals surface area contributed by atoms with E-state index in [1.165, 1.54) is 12.1 Å². The number of carboxylic acid groups (broad SMARTS) is 1. The summed E-state index contributed by atoms with van der Waals surface area (Å²) in [6, 6.07) is 6.41. The highest BCUT2D eigenvalue weighted by molar-refractivity contribution is 5.87. The molecule has 1 aromatic carbocycles. The molecule has 0 spiro atoms. The average molecular weight is 267 g/mol. The first-order valence-electron chi connectivity index (χ1n) is 5.79. The highest BCUT2D eigenvalue weighted by Crippen LogP contribution is 2.04. The standard InChI is InChI=1S/C13H17NO5/c1-18-5-6-19-9-12(15)14-8-10-3-2-4-11(7-10)13(16)17/h2-4,7H,5-6,8-9H2,1H3,(H,14,15)(H,16,17). The van der Waals surface area contributed by atoms with Gasteiger partial charge in [-0.05, 0) is 17.7 Å². The van der Waals surface area contributed by atoms with Crippen LogP contribution in [-0.2, 0) is 20.8 Å². The summed E-state index contributed by atoms with van der Waals surface area (Å²) >= 11 is 0. The second-order valence-corrected chi connectivity index (χ2v) is 3.83. The lowest BCUT2D eigenvalue weighted by atomic mass is 10.1. The molecule has 0 aliphatic rings. The van der Waals surface area contributed by atoms with Crippen molar-refractivity contribution in [3.8, 4) is 0 Å². The van der Waals surface area contributed by atoms with Gasteiger partial charge in [0.05, 0.1) is 18.8 Å². The number of benzene rings is 1. The molecule has 6 heteroatoms. The first kappa shape index (κ1) is 15.1. The summed E-state index contributed by atoms with van der Waals surface area (Å²) in [5, 5.41) is 11.5. The maximum absolute atomic E-state index is 11.4. The minimum Gasteiger partial charge on any atom is -0.478 e. The number of hydrogen-bond acceptors (Lipinski definition) is 4. The summed E-state index contributed by atoms with van der Waals surface area (Å²) in [5.41, 5.74) is 0.924. The number of ether oxygens (including phenoxy) is 2. The molecule has 0 aromatic heterocycles. The molecule has 0 saturated heterocycles. The number of carbonyl (C=O) groups is 2. The van der Waals surface area contributed by atoms with E-state index in [0.29, 0.717) is 13.2 Å². The van der Waals surface area contributed by atoms with Gasteiger partial charge in [0.25, 0.3) is 0 Å². The molecule has 0 aliphatic heterocycles. The largest absolute Gasteiger partial charge is 0.478 e. The van der Waals surface area contributed by atoms with Crippen LogP contribution in [0, 0.1) is 0 Å². The molecule has 6 nitrogen and oxygen atoms in total. The highest BCUT2D eigenvalue weighted by Gasteiger charge is 2.05. The molecule has 0 bridgehead atoms. The number of amides is 1. The molecule has 0 radical (unpaired) electrons. The van der Waals surface area contributed by atoms with Gasteiger partial charge >= 0.3 is 5.97 Å². The zero-order chi connectivity index (χ0) is 14.1. The topological polar surface area (TPSA) is 84.9 Å². The number of carbonyl (C=O) groups excluding carboxylic acids is 1. The van der Waals surface area contributed by atoms with Crippen LogP contribution in [0.5, 0.6) is 0 Å². The summed E-state index contributed by atoms with van der Waals surface area (Å²) in [6.07, 6.45) is 0. The summed E-state index contributed by atoms with van der Waals surface area (Å²) in [5.74, 6) is -1.24. The minimum atomic E-state index is -0.990. The van der Waals surface area contributed by atoms with Gasteiger partial charge in [0.15, 0.2) is 0 Å². The molecule has 1 amide bonds. The molecule has 104 valence electrons. The highest BCUT2D eigenvalue weighted by atomic mass is 16.5. The normalized spacial score (nSPS) is 10.2. The van der Waals surface area contributed by atoms with Crippen LogP contribution in [0.15, 0.2) is 24.3 Å². The van der Waals surface area contributed by atoms with Crippen molar-refractivity contribution in [3.05, 3.63) is 35.4 Å². The van der Waals surface area contributed by atoms with E-state index in [1.807, 2.05) is 0 Å². The third-order valence-corrected chi connectivity index (χ3v) is 2.33. The van der Waals surface area contributed by atoms with E-state index in [0.717, 1.165) is 5.56 Å². The Hall–Kier alpha value is -1.92. The van der Waals surface area contributed by atoms with E-state index < -0.39 is 5.97 Å². The lowest BCUT2D eigenvalue weighted by Crippen LogP contribution is -2.27. The summed E-state index contributed by atoms with van der Waals surface area (Å²) in [7, 11) is 1.55. The molecule has 1 rings (SSSR count). The lowest BCUT2D eigenvalue weighted by molar-refractivity contribution is -0.126. The summed E-state index contributed by atoms with van der Waals surface area (Å²) < 4.78 is 9.83. The Bertz CT molecular complexity index is 433. The van der Waals surface area contributed by atoms with E-state index in [4.69, 9.17) is 14.6 Å². The van der Waals surface area contributed by atoms with Crippen molar-refractivity contribution in [3.63, 3.8) is 0 Å². The number of methoxy groups -OCH3 is 1. The molecular weight excluding hydrogens is 250 g/mol. The van der Waals surface area contributed by atoms with Gasteiger partial charge in [0.2, 0.25) is 5.91 Å². The van der Waals surface area contributed by atoms with Gasteiger partial charge in [-0.1, -0.05) is 12.1 Å². The van der Waals surface area contributed by atoms with Crippen molar-refractivity contribution >= 4 is 11.9 Å². The molecule has 0 fully saturated rings. The van der Waals surface area contributed by atoms with Crippen molar-refractivity contribution < 1.29 is 24.2 Å². The molecule has 1 aromatic rings. The van der Waals surface area contributed by atoms with Gasteiger partial charge < -0.3 is 19.9 Å². The van der Waals surface area contributed by atoms with E-state index in [1.54, 1.807) is 19.2 Å². The fourth-order valence-corrected chi connectivity index (χ4v) is 1.37. The fourth-order valence-electron chi connectivity index (χ4n) is 1.37. The second kappa shape index (κ2) is 8.23. The van der Waals surface area contributed by atoms with Gasteiger partial charge in [-0.2, -0.15) is 0 Å². The summed E-state index contributed by atoms with van der Waals surface area (Å²) in [4.78, 5) is 22.2. The van der Waals surface area contributed by atoms with Crippen LogP contribution in [0.2, 0.25) is 0 Å². The van der Waals surface area contributed by atoms with Crippen molar-refractivity contribution in [1.29, 1.82) is 0 Å². The van der Waals surface area contributed by atoms with E-state index in [9.17, 15) is 9.59 Å². The predicted molar refractivity (Wildman–Crippen MR) is 67.9 cm³/mol. The van der Waals surface area contributed by atoms with Gasteiger partial charge in [0, 0.05) is 13.7 Å². The number of aromatic carboxylic acids is 1. The van der Waals surface area contributed by atoms with Crippen LogP contribution in [0.4, 0.5) is 0 Å². The van der Waals surface area contributed by atoms with Gasteiger partial charge in [0.1, 0.15) is 6.61 Å². The Morgan fingerprint density at radius 3 is 2.79 bits per heavy atom. The van der Waals surface area contributed by atoms with Crippen LogP contribution in [0.25, 0.3) is 0 Å². The number of carboxylic acids is 1. The second-order valence-electron chi connectivity index (χ2n) is 3.83. The molecular formula is C13H17NO5. The first-order chi connectivity index (χ1) is 9.13. The number of rotatable bonds is 8. The van der Waals surface area contributed by atoms with Crippen LogP contribution in [0.1, 0.15) is 15.9 Å². The fraction of sp³-hybridized carbons (Fsp3) is 0.385. The molecule has 0 aliphatic carbocycles. The molecule has 19 heavy (non-hydrogen) atoms. The Labute approximate surface area is 111 Å². The van der Waals surface area contributed by atoms with Gasteiger partial charge in [-0.3, -0.25) is 4.79 Å². The van der Waals surface area contributed by atoms with Crippen molar-refractivity contribution in [1.82, 2.24) is 5.32 Å². The maximum Gasteiger partial charge on any atom is 0.335 e. The molecule has 0 heterocycles. The minimum absolute atomic E-state index is 0.0397. The SMILES string of the molecule is COCCOCC(=O)NCc1cccc(C(=O)O)c1. The third kappa shape index (κ3) is 5.98. The third-order valence-electron chi connectivity index (χ3n) is 2.33. The Morgan fingerprint density at radius 1 is 1.32 bits per heavy atom. The average Bonchev–Trinajstić information content (AvgIpc) is 2.41. The predicted octanol–water partition coefficient (Wildman–Crippen LogP) is 0.664. The van der Waals surface area contributed by atoms with Crippen molar-refractivity contribution in [2.75, 3.05) is 26.9 Å². The van der Waals surface area contributed by atoms with Crippen molar-refractivity contribution in [2.45, 2.75) is 6.54 Å². The van der Waals surface area contributed by atoms with E-state index in [2.05, 4.69) is 5.32 Å². The van der Waals surface area contributed by atoms with E-state index >= 15 is 0 Å². The monoisotopic (exact) mass is 267 g/mol. The van der Waals surface area contributed by atoms with Gasteiger partial charge in [-0.15, -0.1) is 0 Å². The Balaban J connectivity index is 2.33. The molecule has 0 atom stereocenters. The number of nitrogens with one attached hydrogen (secondary N) is 1. The summed E-state index contributed by atoms with van der Waals surface area (Å²) in [6.45, 7) is 1.03. The first-order valence-corrected chi connectivity index (χ1v) is 5.79. The molecule has 0 unspecified atom stereocenters. The smallest absolute Gasteiger partial charge is 0.335 e. The zero-order valence-electron chi connectivity index (χ0n) is 10.7. The quantitative estimate of drug-likeness (QED) is 0.676. The van der Waals surface area contributed by atoms with E-state index in [-0.39, 0.29) is 24.6 Å². The van der Waals surface area contributed by atoms with Crippen molar-refractivity contribution in [2.24, 2.45) is 0 Å². The lowest BCUT2D eigenvalue weighted by Gasteiger charge is -2.06. The number of hydrogen-bond donors (Lipinski definition) is 2. The van der Waals surface area contributed by atoms with Crippen LogP contribution in [0.3, 0.4) is 0 Å². The molecule has 0 saturated carbocycles. The van der Waals surface area contributed by atoms with Crippen LogP contribution >= 0.6 is 0 Å².